The Labute approximate surface area is 99.4 Å². The molecule has 0 fully saturated rings. The zero-order valence-electron chi connectivity index (χ0n) is 10.4. The van der Waals surface area contributed by atoms with Crippen molar-refractivity contribution in [2.24, 2.45) is 0 Å². The van der Waals surface area contributed by atoms with Gasteiger partial charge in [-0.05, 0) is 20.8 Å². The van der Waals surface area contributed by atoms with Crippen LogP contribution < -0.4 is 5.32 Å². The van der Waals surface area contributed by atoms with Gasteiger partial charge in [-0.15, -0.1) is 0 Å². The van der Waals surface area contributed by atoms with Crippen LogP contribution in [-0.4, -0.2) is 15.3 Å². The largest absolute Gasteiger partial charge is 0.361 e. The minimum absolute atomic E-state index is 0.139. The van der Waals surface area contributed by atoms with Crippen molar-refractivity contribution in [3.8, 4) is 0 Å². The Morgan fingerprint density at radius 2 is 1.94 bits per heavy atom. The van der Waals surface area contributed by atoms with Crippen molar-refractivity contribution in [2.75, 3.05) is 0 Å². The first-order chi connectivity index (χ1) is 8.08. The van der Waals surface area contributed by atoms with Gasteiger partial charge in [0.2, 0.25) is 5.89 Å². The topological polar surface area (TPSA) is 77.0 Å². The van der Waals surface area contributed by atoms with E-state index >= 15 is 0 Å². The third kappa shape index (κ3) is 2.52. The maximum atomic E-state index is 5.13. The molecule has 2 aromatic heterocycles. The number of rotatable bonds is 4. The van der Waals surface area contributed by atoms with Gasteiger partial charge in [-0.3, -0.25) is 0 Å². The van der Waals surface area contributed by atoms with Gasteiger partial charge in [-0.1, -0.05) is 10.3 Å². The van der Waals surface area contributed by atoms with Gasteiger partial charge in [-0.25, -0.2) is 0 Å². The highest BCUT2D eigenvalue weighted by Gasteiger charge is 2.16. The van der Waals surface area contributed by atoms with E-state index in [9.17, 15) is 0 Å². The molecule has 2 rings (SSSR count). The monoisotopic (exact) mass is 236 g/mol. The first-order valence-electron chi connectivity index (χ1n) is 5.53. The average molecular weight is 236 g/mol. The Kier molecular flexibility index (Phi) is 3.23. The molecule has 2 aromatic rings. The van der Waals surface area contributed by atoms with Crippen LogP contribution in [0.4, 0.5) is 0 Å². The van der Waals surface area contributed by atoms with Crippen LogP contribution in [0.3, 0.4) is 0 Å². The second kappa shape index (κ2) is 4.67. The third-order valence-corrected chi connectivity index (χ3v) is 2.66. The summed E-state index contributed by atoms with van der Waals surface area (Å²) in [6.07, 6.45) is 0. The molecule has 6 heteroatoms. The van der Waals surface area contributed by atoms with Crippen LogP contribution in [0.2, 0.25) is 0 Å². The lowest BCUT2D eigenvalue weighted by molar-refractivity contribution is 0.383. The molecule has 0 radical (unpaired) electrons. The Morgan fingerprint density at radius 1 is 1.18 bits per heavy atom. The number of hydrogen-bond donors (Lipinski definition) is 1. The molecular formula is C11H16N4O2. The van der Waals surface area contributed by atoms with E-state index in [1.165, 1.54) is 0 Å². The van der Waals surface area contributed by atoms with E-state index in [4.69, 9.17) is 9.05 Å². The van der Waals surface area contributed by atoms with Gasteiger partial charge in [0.1, 0.15) is 5.76 Å². The average Bonchev–Trinajstić information content (AvgIpc) is 2.83. The van der Waals surface area contributed by atoms with Crippen molar-refractivity contribution < 1.29 is 9.05 Å². The zero-order chi connectivity index (χ0) is 12.4. The van der Waals surface area contributed by atoms with Gasteiger partial charge in [0, 0.05) is 18.5 Å². The van der Waals surface area contributed by atoms with Crippen molar-refractivity contribution >= 4 is 0 Å². The van der Waals surface area contributed by atoms with E-state index in [-0.39, 0.29) is 6.04 Å². The third-order valence-electron chi connectivity index (χ3n) is 2.66. The fourth-order valence-electron chi connectivity index (χ4n) is 1.87. The zero-order valence-corrected chi connectivity index (χ0v) is 10.4. The highest BCUT2D eigenvalue weighted by atomic mass is 16.5. The summed E-state index contributed by atoms with van der Waals surface area (Å²) in [6, 6.07) is 0.139. The van der Waals surface area contributed by atoms with Gasteiger partial charge in [0.15, 0.2) is 5.82 Å². The molecule has 2 heterocycles. The predicted molar refractivity (Wildman–Crippen MR) is 60.3 cm³/mol. The van der Waals surface area contributed by atoms with Gasteiger partial charge in [-0.2, -0.15) is 4.98 Å². The quantitative estimate of drug-likeness (QED) is 0.872. The maximum absolute atomic E-state index is 5.13. The Hall–Kier alpha value is -1.69. The van der Waals surface area contributed by atoms with Crippen LogP contribution in [-0.2, 0) is 6.54 Å². The van der Waals surface area contributed by atoms with Gasteiger partial charge >= 0.3 is 0 Å². The molecule has 1 N–H and O–H groups in total. The smallest absolute Gasteiger partial charge is 0.223 e. The summed E-state index contributed by atoms with van der Waals surface area (Å²) in [7, 11) is 0. The normalized spacial score (nSPS) is 12.9. The highest BCUT2D eigenvalue weighted by molar-refractivity contribution is 5.24. The number of aryl methyl sites for hydroxylation is 3. The summed E-state index contributed by atoms with van der Waals surface area (Å²) >= 11 is 0. The van der Waals surface area contributed by atoms with Crippen LogP contribution in [0.25, 0.3) is 0 Å². The SMILES string of the molecule is Cc1nc(CNC(C)c2c(C)noc2C)no1. The van der Waals surface area contributed by atoms with Crippen LogP contribution in [0.5, 0.6) is 0 Å². The van der Waals surface area contributed by atoms with E-state index in [1.54, 1.807) is 6.92 Å². The van der Waals surface area contributed by atoms with Crippen LogP contribution in [0, 0.1) is 20.8 Å². The van der Waals surface area contributed by atoms with Crippen molar-refractivity contribution in [2.45, 2.75) is 40.3 Å². The minimum atomic E-state index is 0.139. The molecule has 0 saturated carbocycles. The predicted octanol–water partition coefficient (Wildman–Crippen LogP) is 1.83. The van der Waals surface area contributed by atoms with Crippen molar-refractivity contribution in [1.82, 2.24) is 20.6 Å². The molecule has 1 unspecified atom stereocenters. The Bertz CT molecular complexity index is 484. The summed E-state index contributed by atoms with van der Waals surface area (Å²) in [5.74, 6) is 2.07. The second-order valence-electron chi connectivity index (χ2n) is 4.07. The Morgan fingerprint density at radius 3 is 2.47 bits per heavy atom. The van der Waals surface area contributed by atoms with Gasteiger partial charge < -0.3 is 14.4 Å². The first-order valence-corrected chi connectivity index (χ1v) is 5.53. The Balaban J connectivity index is 2.00. The van der Waals surface area contributed by atoms with E-state index in [2.05, 4.69) is 27.5 Å². The lowest BCUT2D eigenvalue weighted by atomic mass is 10.1. The fourth-order valence-corrected chi connectivity index (χ4v) is 1.87. The molecule has 0 bridgehead atoms. The van der Waals surface area contributed by atoms with E-state index in [0.717, 1.165) is 17.0 Å². The van der Waals surface area contributed by atoms with Crippen molar-refractivity contribution in [3.05, 3.63) is 28.7 Å². The number of nitrogens with zero attached hydrogens (tertiary/aromatic N) is 3. The lowest BCUT2D eigenvalue weighted by Gasteiger charge is -2.11. The first kappa shape index (κ1) is 11.8. The van der Waals surface area contributed by atoms with Crippen LogP contribution >= 0.6 is 0 Å². The fraction of sp³-hybridized carbons (Fsp3) is 0.545. The van der Waals surface area contributed by atoms with E-state index in [0.29, 0.717) is 18.3 Å². The van der Waals surface area contributed by atoms with Gasteiger partial charge in [0.05, 0.1) is 12.2 Å². The molecular weight excluding hydrogens is 220 g/mol. The highest BCUT2D eigenvalue weighted by Crippen LogP contribution is 2.20. The van der Waals surface area contributed by atoms with Crippen molar-refractivity contribution in [3.63, 3.8) is 0 Å². The minimum Gasteiger partial charge on any atom is -0.361 e. The van der Waals surface area contributed by atoms with Crippen LogP contribution in [0.1, 0.15) is 41.7 Å². The molecule has 0 aliphatic rings. The van der Waals surface area contributed by atoms with Crippen LogP contribution in [0.15, 0.2) is 9.05 Å². The summed E-state index contributed by atoms with van der Waals surface area (Å²) in [5, 5.41) is 11.1. The lowest BCUT2D eigenvalue weighted by Crippen LogP contribution is -2.19. The molecule has 1 atom stereocenters. The van der Waals surface area contributed by atoms with Gasteiger partial charge in [0.25, 0.3) is 0 Å². The summed E-state index contributed by atoms with van der Waals surface area (Å²) in [5.41, 5.74) is 2.00. The molecule has 6 nitrogen and oxygen atoms in total. The number of nitrogens with one attached hydrogen (secondary N) is 1. The van der Waals surface area contributed by atoms with Crippen molar-refractivity contribution in [1.29, 1.82) is 0 Å². The molecule has 0 aliphatic carbocycles. The number of aromatic nitrogens is 3. The molecule has 92 valence electrons. The molecule has 0 spiro atoms. The number of hydrogen-bond acceptors (Lipinski definition) is 6. The van der Waals surface area contributed by atoms with E-state index < -0.39 is 0 Å². The standard InChI is InChI=1S/C11H16N4O2/c1-6(11-7(2)14-16-8(11)3)12-5-10-13-9(4)17-15-10/h6,12H,5H2,1-4H3. The molecule has 0 saturated heterocycles. The maximum Gasteiger partial charge on any atom is 0.223 e. The summed E-state index contributed by atoms with van der Waals surface area (Å²) in [6.45, 7) is 8.23. The summed E-state index contributed by atoms with van der Waals surface area (Å²) in [4.78, 5) is 4.13. The molecule has 0 aliphatic heterocycles. The molecule has 17 heavy (non-hydrogen) atoms. The van der Waals surface area contributed by atoms with E-state index in [1.807, 2.05) is 13.8 Å². The summed E-state index contributed by atoms with van der Waals surface area (Å²) < 4.78 is 10.0. The second-order valence-corrected chi connectivity index (χ2v) is 4.07. The molecule has 0 amide bonds. The molecule has 0 aromatic carbocycles.